The molecule has 0 saturated heterocycles. The van der Waals surface area contributed by atoms with Gasteiger partial charge in [0.1, 0.15) is 12.4 Å². The van der Waals surface area contributed by atoms with Gasteiger partial charge in [0.25, 0.3) is 5.56 Å². The third-order valence-corrected chi connectivity index (χ3v) is 4.63. The van der Waals surface area contributed by atoms with Gasteiger partial charge in [-0.2, -0.15) is 5.10 Å². The fraction of sp³-hybridized carbons (Fsp3) is 0.0833. The van der Waals surface area contributed by atoms with Crippen LogP contribution in [0.3, 0.4) is 0 Å². The third kappa shape index (κ3) is 4.50. The number of nitrogens with zero attached hydrogens (tertiary/aromatic N) is 4. The first-order valence-electron chi connectivity index (χ1n) is 9.59. The molecule has 0 aliphatic carbocycles. The van der Waals surface area contributed by atoms with Crippen molar-refractivity contribution < 1.29 is 4.79 Å². The zero-order valence-electron chi connectivity index (χ0n) is 16.3. The second kappa shape index (κ2) is 8.96. The van der Waals surface area contributed by atoms with E-state index >= 15 is 0 Å². The zero-order chi connectivity index (χ0) is 20.8. The number of rotatable bonds is 6. The van der Waals surface area contributed by atoms with Crippen LogP contribution in [0.15, 0.2) is 102 Å². The van der Waals surface area contributed by atoms with Crippen molar-refractivity contribution >= 4 is 11.7 Å². The molecule has 0 aliphatic heterocycles. The van der Waals surface area contributed by atoms with Crippen molar-refractivity contribution in [3.63, 3.8) is 0 Å². The number of carbonyl (C=O) groups is 1. The Bertz CT molecular complexity index is 1180. The summed E-state index contributed by atoms with van der Waals surface area (Å²) in [5.74, 6) is 0.260. The number of aromatic nitrogens is 3. The Kier molecular flexibility index (Phi) is 5.75. The topological polar surface area (TPSA) is 68.1 Å². The minimum atomic E-state index is -0.330. The van der Waals surface area contributed by atoms with Crippen LogP contribution < -0.4 is 10.5 Å². The SMILES string of the molecule is O=C(Cn1nc(-c2ccccc2)ccc1=O)N(Cc1ccccc1)c1ccccn1. The lowest BCUT2D eigenvalue weighted by Crippen LogP contribution is -2.37. The van der Waals surface area contributed by atoms with Gasteiger partial charge in [0.15, 0.2) is 0 Å². The van der Waals surface area contributed by atoms with E-state index in [1.54, 1.807) is 29.3 Å². The summed E-state index contributed by atoms with van der Waals surface area (Å²) in [5.41, 5.74) is 2.15. The highest BCUT2D eigenvalue weighted by Crippen LogP contribution is 2.16. The summed E-state index contributed by atoms with van der Waals surface area (Å²) in [6.07, 6.45) is 1.64. The lowest BCUT2D eigenvalue weighted by Gasteiger charge is -2.22. The van der Waals surface area contributed by atoms with Gasteiger partial charge in [0.2, 0.25) is 5.91 Å². The first-order chi connectivity index (χ1) is 14.7. The van der Waals surface area contributed by atoms with Gasteiger partial charge >= 0.3 is 0 Å². The van der Waals surface area contributed by atoms with Crippen LogP contribution in [0.25, 0.3) is 11.3 Å². The van der Waals surface area contributed by atoms with Gasteiger partial charge in [-0.3, -0.25) is 14.5 Å². The van der Waals surface area contributed by atoms with E-state index in [0.29, 0.717) is 18.1 Å². The highest BCUT2D eigenvalue weighted by Gasteiger charge is 2.19. The lowest BCUT2D eigenvalue weighted by atomic mass is 10.1. The molecule has 6 heteroatoms. The molecule has 0 bridgehead atoms. The molecule has 148 valence electrons. The van der Waals surface area contributed by atoms with Crippen molar-refractivity contribution in [1.29, 1.82) is 0 Å². The number of anilines is 1. The van der Waals surface area contributed by atoms with Gasteiger partial charge in [-0.1, -0.05) is 66.7 Å². The molecule has 30 heavy (non-hydrogen) atoms. The van der Waals surface area contributed by atoms with Crippen LogP contribution in [0.2, 0.25) is 0 Å². The molecule has 2 aromatic heterocycles. The Labute approximate surface area is 174 Å². The summed E-state index contributed by atoms with van der Waals surface area (Å²) >= 11 is 0. The largest absolute Gasteiger partial charge is 0.291 e. The summed E-state index contributed by atoms with van der Waals surface area (Å²) in [6, 6.07) is 27.7. The number of carbonyl (C=O) groups excluding carboxylic acids is 1. The van der Waals surface area contributed by atoms with Crippen LogP contribution in [0, 0.1) is 0 Å². The molecule has 4 aromatic rings. The third-order valence-electron chi connectivity index (χ3n) is 4.63. The fourth-order valence-corrected chi connectivity index (χ4v) is 3.11. The molecule has 4 rings (SSSR count). The average Bonchev–Trinajstić information content (AvgIpc) is 2.80. The van der Waals surface area contributed by atoms with Crippen LogP contribution >= 0.6 is 0 Å². The minimum Gasteiger partial charge on any atom is -0.291 e. The van der Waals surface area contributed by atoms with E-state index in [9.17, 15) is 9.59 Å². The van der Waals surface area contributed by atoms with Crippen molar-refractivity contribution in [3.05, 3.63) is 113 Å². The van der Waals surface area contributed by atoms with Gasteiger partial charge in [-0.25, -0.2) is 9.67 Å². The molecule has 1 amide bonds. The Morgan fingerprint density at radius 1 is 0.833 bits per heavy atom. The van der Waals surface area contributed by atoms with E-state index in [1.165, 1.54) is 10.7 Å². The molecule has 0 atom stereocenters. The van der Waals surface area contributed by atoms with Gasteiger partial charge in [0, 0.05) is 17.8 Å². The zero-order valence-corrected chi connectivity index (χ0v) is 16.3. The van der Waals surface area contributed by atoms with E-state index < -0.39 is 0 Å². The Morgan fingerprint density at radius 2 is 1.53 bits per heavy atom. The van der Waals surface area contributed by atoms with Crippen LogP contribution in [0.4, 0.5) is 5.82 Å². The van der Waals surface area contributed by atoms with Crippen LogP contribution in [0.5, 0.6) is 0 Å². The van der Waals surface area contributed by atoms with E-state index in [4.69, 9.17) is 0 Å². The number of amides is 1. The van der Waals surface area contributed by atoms with E-state index in [0.717, 1.165) is 11.1 Å². The molecule has 0 saturated carbocycles. The van der Waals surface area contributed by atoms with Crippen molar-refractivity contribution in [2.45, 2.75) is 13.1 Å². The monoisotopic (exact) mass is 396 g/mol. The molecule has 0 radical (unpaired) electrons. The number of pyridine rings is 1. The summed E-state index contributed by atoms with van der Waals surface area (Å²) in [7, 11) is 0. The standard InChI is InChI=1S/C24H20N4O2/c29-23-15-14-21(20-11-5-2-6-12-20)26-28(23)18-24(30)27(22-13-7-8-16-25-22)17-19-9-3-1-4-10-19/h1-16H,17-18H2. The van der Waals surface area contributed by atoms with Crippen molar-refractivity contribution in [2.24, 2.45) is 0 Å². The van der Waals surface area contributed by atoms with E-state index in [2.05, 4.69) is 10.1 Å². The highest BCUT2D eigenvalue weighted by molar-refractivity contribution is 5.92. The molecule has 0 unspecified atom stereocenters. The Morgan fingerprint density at radius 3 is 2.23 bits per heavy atom. The van der Waals surface area contributed by atoms with Gasteiger partial charge in [-0.05, 0) is 23.8 Å². The molecule has 0 aliphatic rings. The average molecular weight is 396 g/mol. The van der Waals surface area contributed by atoms with Crippen molar-refractivity contribution in [1.82, 2.24) is 14.8 Å². The minimum absolute atomic E-state index is 0.178. The number of hydrogen-bond donors (Lipinski definition) is 0. The van der Waals surface area contributed by atoms with Crippen molar-refractivity contribution in [2.75, 3.05) is 4.90 Å². The Balaban J connectivity index is 1.63. The molecule has 0 spiro atoms. The normalized spacial score (nSPS) is 10.5. The molecule has 2 aromatic carbocycles. The fourth-order valence-electron chi connectivity index (χ4n) is 3.11. The predicted octanol–water partition coefficient (Wildman–Crippen LogP) is 3.54. The first-order valence-corrected chi connectivity index (χ1v) is 9.59. The van der Waals surface area contributed by atoms with Gasteiger partial charge in [0.05, 0.1) is 12.2 Å². The maximum absolute atomic E-state index is 13.2. The maximum atomic E-state index is 13.2. The van der Waals surface area contributed by atoms with Crippen LogP contribution in [-0.2, 0) is 17.9 Å². The summed E-state index contributed by atoms with van der Waals surface area (Å²) in [6.45, 7) is 0.173. The maximum Gasteiger partial charge on any atom is 0.267 e. The van der Waals surface area contributed by atoms with Crippen LogP contribution in [0.1, 0.15) is 5.56 Å². The van der Waals surface area contributed by atoms with Crippen molar-refractivity contribution in [3.8, 4) is 11.3 Å². The molecule has 0 fully saturated rings. The quantitative estimate of drug-likeness (QED) is 0.500. The molecular weight excluding hydrogens is 376 g/mol. The summed E-state index contributed by atoms with van der Waals surface area (Å²) in [5, 5.41) is 4.40. The number of benzene rings is 2. The summed E-state index contributed by atoms with van der Waals surface area (Å²) in [4.78, 5) is 31.5. The van der Waals surface area contributed by atoms with Gasteiger partial charge < -0.3 is 0 Å². The molecular formula is C24H20N4O2. The lowest BCUT2D eigenvalue weighted by molar-refractivity contribution is -0.119. The van der Waals surface area contributed by atoms with E-state index in [1.807, 2.05) is 66.7 Å². The van der Waals surface area contributed by atoms with Crippen LogP contribution in [-0.4, -0.2) is 20.7 Å². The smallest absolute Gasteiger partial charge is 0.267 e. The Hall–Kier alpha value is -4.06. The van der Waals surface area contributed by atoms with Gasteiger partial charge in [-0.15, -0.1) is 0 Å². The van der Waals surface area contributed by atoms with E-state index in [-0.39, 0.29) is 18.0 Å². The summed E-state index contributed by atoms with van der Waals surface area (Å²) < 4.78 is 1.20. The second-order valence-corrected chi connectivity index (χ2v) is 6.73. The molecule has 6 nitrogen and oxygen atoms in total. The molecule has 0 N–H and O–H groups in total. The first kappa shape index (κ1) is 19.3. The number of hydrogen-bond acceptors (Lipinski definition) is 4. The predicted molar refractivity (Wildman–Crippen MR) is 116 cm³/mol. The molecule has 2 heterocycles. The second-order valence-electron chi connectivity index (χ2n) is 6.73. The highest BCUT2D eigenvalue weighted by atomic mass is 16.2.